The molecule has 0 radical (unpaired) electrons. The molecule has 0 spiro atoms. The minimum absolute atomic E-state index is 0.111. The van der Waals surface area contributed by atoms with Gasteiger partial charge in [0, 0.05) is 18.9 Å². The zero-order chi connectivity index (χ0) is 12.5. The molecule has 1 fully saturated rings. The fourth-order valence-corrected chi connectivity index (χ4v) is 2.19. The standard InChI is InChI=1S/C11H18N2O2S/c1-4-7(5-8(12)16)13-9(14)6-11(2,3)10(13)15/h7H,4-6H2,1-3H3,(H2,12,16). The Kier molecular flexibility index (Phi) is 3.68. The summed E-state index contributed by atoms with van der Waals surface area (Å²) in [5.74, 6) is -0.223. The van der Waals surface area contributed by atoms with Crippen molar-refractivity contribution in [1.82, 2.24) is 4.90 Å². The number of rotatable bonds is 4. The van der Waals surface area contributed by atoms with Crippen LogP contribution >= 0.6 is 12.2 Å². The van der Waals surface area contributed by atoms with Crippen LogP contribution in [0.2, 0.25) is 0 Å². The number of hydrogen-bond acceptors (Lipinski definition) is 3. The number of nitrogens with zero attached hydrogens (tertiary/aromatic N) is 1. The Bertz CT molecular complexity index is 339. The van der Waals surface area contributed by atoms with Crippen molar-refractivity contribution in [1.29, 1.82) is 0 Å². The number of carbonyl (C=O) groups is 2. The zero-order valence-corrected chi connectivity index (χ0v) is 10.8. The second-order valence-electron chi connectivity index (χ2n) is 4.86. The number of nitrogens with two attached hydrogens (primary N) is 1. The fraction of sp³-hybridized carbons (Fsp3) is 0.727. The van der Waals surface area contributed by atoms with Gasteiger partial charge in [0.15, 0.2) is 0 Å². The monoisotopic (exact) mass is 242 g/mol. The van der Waals surface area contributed by atoms with Gasteiger partial charge in [-0.1, -0.05) is 33.0 Å². The van der Waals surface area contributed by atoms with E-state index in [4.69, 9.17) is 18.0 Å². The van der Waals surface area contributed by atoms with Crippen molar-refractivity contribution in [2.75, 3.05) is 0 Å². The van der Waals surface area contributed by atoms with Crippen LogP contribution in [-0.2, 0) is 9.59 Å². The Morgan fingerprint density at radius 1 is 1.56 bits per heavy atom. The topological polar surface area (TPSA) is 63.4 Å². The molecule has 0 bridgehead atoms. The lowest BCUT2D eigenvalue weighted by Gasteiger charge is -2.26. The van der Waals surface area contributed by atoms with Crippen molar-refractivity contribution < 1.29 is 9.59 Å². The first-order valence-electron chi connectivity index (χ1n) is 5.44. The quantitative estimate of drug-likeness (QED) is 0.595. The van der Waals surface area contributed by atoms with Crippen LogP contribution in [0.3, 0.4) is 0 Å². The number of thiocarbonyl (C=S) groups is 1. The third kappa shape index (κ3) is 2.40. The summed E-state index contributed by atoms with van der Waals surface area (Å²) >= 11 is 4.84. The number of carbonyl (C=O) groups excluding carboxylic acids is 2. The molecule has 2 amide bonds. The first-order chi connectivity index (χ1) is 7.29. The zero-order valence-electron chi connectivity index (χ0n) is 9.95. The van der Waals surface area contributed by atoms with Crippen molar-refractivity contribution in [3.63, 3.8) is 0 Å². The molecule has 1 atom stereocenters. The summed E-state index contributed by atoms with van der Waals surface area (Å²) in [6.45, 7) is 5.51. The van der Waals surface area contributed by atoms with Crippen molar-refractivity contribution in [3.05, 3.63) is 0 Å². The number of amides is 2. The van der Waals surface area contributed by atoms with E-state index in [2.05, 4.69) is 0 Å². The summed E-state index contributed by atoms with van der Waals surface area (Å²) < 4.78 is 0. The van der Waals surface area contributed by atoms with E-state index in [0.29, 0.717) is 17.8 Å². The van der Waals surface area contributed by atoms with E-state index in [1.807, 2.05) is 6.92 Å². The summed E-state index contributed by atoms with van der Waals surface area (Å²) in [6.07, 6.45) is 1.38. The molecule has 1 aliphatic rings. The molecule has 5 heteroatoms. The van der Waals surface area contributed by atoms with Gasteiger partial charge in [0.25, 0.3) is 0 Å². The lowest BCUT2D eigenvalue weighted by atomic mass is 9.92. The Morgan fingerprint density at radius 3 is 2.44 bits per heavy atom. The Hall–Kier alpha value is -0.970. The molecule has 0 aromatic rings. The molecule has 1 unspecified atom stereocenters. The molecule has 16 heavy (non-hydrogen) atoms. The van der Waals surface area contributed by atoms with Gasteiger partial charge in [-0.3, -0.25) is 14.5 Å². The number of hydrogen-bond donors (Lipinski definition) is 1. The molecule has 0 saturated carbocycles. The Balaban J connectivity index is 2.90. The van der Waals surface area contributed by atoms with E-state index in [9.17, 15) is 9.59 Å². The van der Waals surface area contributed by atoms with Gasteiger partial charge < -0.3 is 5.73 Å². The first-order valence-corrected chi connectivity index (χ1v) is 5.85. The van der Waals surface area contributed by atoms with Crippen LogP contribution in [0, 0.1) is 5.41 Å². The average molecular weight is 242 g/mol. The van der Waals surface area contributed by atoms with E-state index in [1.54, 1.807) is 13.8 Å². The van der Waals surface area contributed by atoms with E-state index in [-0.39, 0.29) is 24.3 Å². The summed E-state index contributed by atoms with van der Waals surface area (Å²) in [5, 5.41) is 0. The fourth-order valence-electron chi connectivity index (χ4n) is 2.00. The molecular weight excluding hydrogens is 224 g/mol. The molecule has 1 rings (SSSR count). The molecule has 1 aliphatic heterocycles. The Morgan fingerprint density at radius 2 is 2.12 bits per heavy atom. The van der Waals surface area contributed by atoms with Crippen LogP contribution in [-0.4, -0.2) is 27.7 Å². The molecule has 0 aromatic carbocycles. The number of imide groups is 1. The normalized spacial score (nSPS) is 21.3. The molecule has 1 saturated heterocycles. The maximum absolute atomic E-state index is 12.0. The van der Waals surface area contributed by atoms with Gasteiger partial charge in [0.2, 0.25) is 11.8 Å². The number of likely N-dealkylation sites (tertiary alicyclic amines) is 1. The summed E-state index contributed by atoms with van der Waals surface area (Å²) in [4.78, 5) is 25.5. The van der Waals surface area contributed by atoms with Gasteiger partial charge in [-0.2, -0.15) is 0 Å². The van der Waals surface area contributed by atoms with Crippen LogP contribution in [0.25, 0.3) is 0 Å². The lowest BCUT2D eigenvalue weighted by Crippen LogP contribution is -2.43. The third-order valence-corrected chi connectivity index (χ3v) is 3.10. The molecule has 1 heterocycles. The average Bonchev–Trinajstić information content (AvgIpc) is 2.33. The van der Waals surface area contributed by atoms with Gasteiger partial charge in [-0.25, -0.2) is 0 Å². The first kappa shape index (κ1) is 13.1. The second-order valence-corrected chi connectivity index (χ2v) is 5.39. The van der Waals surface area contributed by atoms with E-state index >= 15 is 0 Å². The molecule has 0 aliphatic carbocycles. The van der Waals surface area contributed by atoms with E-state index in [0.717, 1.165) is 0 Å². The predicted octanol–water partition coefficient (Wildman–Crippen LogP) is 1.23. The highest BCUT2D eigenvalue weighted by atomic mass is 32.1. The van der Waals surface area contributed by atoms with Gasteiger partial charge in [0.05, 0.1) is 10.4 Å². The van der Waals surface area contributed by atoms with Gasteiger partial charge in [-0.15, -0.1) is 0 Å². The van der Waals surface area contributed by atoms with Gasteiger partial charge >= 0.3 is 0 Å². The van der Waals surface area contributed by atoms with Crippen molar-refractivity contribution >= 4 is 29.0 Å². The van der Waals surface area contributed by atoms with Crippen molar-refractivity contribution in [3.8, 4) is 0 Å². The summed E-state index contributed by atoms with van der Waals surface area (Å²) in [7, 11) is 0. The lowest BCUT2D eigenvalue weighted by molar-refractivity contribution is -0.143. The Labute approximate surface area is 101 Å². The maximum Gasteiger partial charge on any atom is 0.235 e. The second kappa shape index (κ2) is 4.49. The van der Waals surface area contributed by atoms with Crippen molar-refractivity contribution in [2.45, 2.75) is 46.1 Å². The largest absolute Gasteiger partial charge is 0.393 e. The SMILES string of the molecule is CCC(CC(N)=S)N1C(=O)CC(C)(C)C1=O. The minimum Gasteiger partial charge on any atom is -0.393 e. The van der Waals surface area contributed by atoms with Crippen LogP contribution < -0.4 is 5.73 Å². The highest BCUT2D eigenvalue weighted by Gasteiger charge is 2.47. The summed E-state index contributed by atoms with van der Waals surface area (Å²) in [5.41, 5.74) is 4.89. The summed E-state index contributed by atoms with van der Waals surface area (Å²) in [6, 6.07) is -0.181. The molecule has 2 N–H and O–H groups in total. The van der Waals surface area contributed by atoms with Crippen LogP contribution in [0.4, 0.5) is 0 Å². The highest BCUT2D eigenvalue weighted by molar-refractivity contribution is 7.80. The molecule has 90 valence electrons. The molecule has 0 aromatic heterocycles. The van der Waals surface area contributed by atoms with E-state index < -0.39 is 5.41 Å². The van der Waals surface area contributed by atoms with Crippen molar-refractivity contribution in [2.24, 2.45) is 11.1 Å². The van der Waals surface area contributed by atoms with E-state index in [1.165, 1.54) is 4.90 Å². The van der Waals surface area contributed by atoms with Gasteiger partial charge in [0.1, 0.15) is 0 Å². The van der Waals surface area contributed by atoms with Gasteiger partial charge in [-0.05, 0) is 6.42 Å². The molecule has 4 nitrogen and oxygen atoms in total. The maximum atomic E-state index is 12.0. The van der Waals surface area contributed by atoms with Crippen LogP contribution in [0.5, 0.6) is 0 Å². The van der Waals surface area contributed by atoms with Crippen LogP contribution in [0.15, 0.2) is 0 Å². The highest BCUT2D eigenvalue weighted by Crippen LogP contribution is 2.34. The van der Waals surface area contributed by atoms with Crippen LogP contribution in [0.1, 0.15) is 40.0 Å². The minimum atomic E-state index is -0.583. The predicted molar refractivity (Wildman–Crippen MR) is 65.7 cm³/mol. The smallest absolute Gasteiger partial charge is 0.235 e. The third-order valence-electron chi connectivity index (χ3n) is 2.93. The molecular formula is C11H18N2O2S.